The number of rotatable bonds is 8. The van der Waals surface area contributed by atoms with Crippen LogP contribution in [0.2, 0.25) is 0 Å². The molecule has 0 spiro atoms. The molecule has 4 rings (SSSR count). The Labute approximate surface area is 192 Å². The van der Waals surface area contributed by atoms with E-state index in [1.807, 2.05) is 35.8 Å². The minimum atomic E-state index is -3.47. The molecule has 0 saturated carbocycles. The zero-order valence-electron chi connectivity index (χ0n) is 17.9. The van der Waals surface area contributed by atoms with Crippen molar-refractivity contribution in [3.05, 3.63) is 61.2 Å². The van der Waals surface area contributed by atoms with Crippen LogP contribution in [0, 0.1) is 0 Å². The molecule has 0 radical (unpaired) electrons. The molecule has 1 aliphatic heterocycles. The number of carbonyl (C=O) groups is 1. The Hall–Kier alpha value is -2.62. The number of anilines is 1. The van der Waals surface area contributed by atoms with E-state index >= 15 is 0 Å². The van der Waals surface area contributed by atoms with Gasteiger partial charge in [-0.05, 0) is 56.2 Å². The molecule has 168 valence electrons. The first-order valence-corrected chi connectivity index (χ1v) is 12.9. The van der Waals surface area contributed by atoms with Gasteiger partial charge in [0.15, 0.2) is 5.16 Å². The van der Waals surface area contributed by atoms with Gasteiger partial charge in [0.05, 0.1) is 21.2 Å². The third kappa shape index (κ3) is 4.60. The lowest BCUT2D eigenvalue weighted by Gasteiger charge is -2.16. The second kappa shape index (κ2) is 9.48. The number of amides is 1. The Balaban J connectivity index is 1.45. The van der Waals surface area contributed by atoms with Crippen molar-refractivity contribution in [3.8, 4) is 0 Å². The number of benzene rings is 2. The standard InChI is InChI=1S/C23H26N4O3S2/c1-3-14-27-21-9-5-4-8-20(21)25-23(27)31-17(2)22(28)24-18-10-12-19(13-11-18)32(29,30)26-15-6-7-16-26/h3-5,8-13,17H,1,6-7,14-16H2,2H3,(H,24,28). The summed E-state index contributed by atoms with van der Waals surface area (Å²) in [5, 5.41) is 3.22. The van der Waals surface area contributed by atoms with Crippen LogP contribution in [-0.4, -0.2) is 46.5 Å². The molecule has 1 atom stereocenters. The van der Waals surface area contributed by atoms with Crippen LogP contribution in [0.25, 0.3) is 11.0 Å². The van der Waals surface area contributed by atoms with Gasteiger partial charge in [0.2, 0.25) is 15.9 Å². The molecule has 9 heteroatoms. The van der Waals surface area contributed by atoms with Crippen LogP contribution >= 0.6 is 11.8 Å². The van der Waals surface area contributed by atoms with Gasteiger partial charge in [-0.2, -0.15) is 4.31 Å². The van der Waals surface area contributed by atoms with Crippen molar-refractivity contribution in [1.29, 1.82) is 0 Å². The van der Waals surface area contributed by atoms with Gasteiger partial charge < -0.3 is 9.88 Å². The van der Waals surface area contributed by atoms with Crippen molar-refractivity contribution in [2.45, 2.75) is 41.6 Å². The number of para-hydroxylation sites is 2. The Morgan fingerprint density at radius 1 is 1.19 bits per heavy atom. The average molecular weight is 471 g/mol. The molecule has 1 amide bonds. The van der Waals surface area contributed by atoms with Crippen molar-refractivity contribution >= 4 is 44.4 Å². The van der Waals surface area contributed by atoms with Gasteiger partial charge in [-0.25, -0.2) is 13.4 Å². The molecular formula is C23H26N4O3S2. The van der Waals surface area contributed by atoms with Crippen LogP contribution in [0.5, 0.6) is 0 Å². The molecule has 3 aromatic rings. The predicted molar refractivity (Wildman–Crippen MR) is 128 cm³/mol. The Bertz CT molecular complexity index is 1230. The van der Waals surface area contributed by atoms with Crippen LogP contribution in [0.15, 0.2) is 71.2 Å². The number of aromatic nitrogens is 2. The minimum absolute atomic E-state index is 0.178. The van der Waals surface area contributed by atoms with E-state index in [0.717, 1.165) is 29.0 Å². The first-order chi connectivity index (χ1) is 15.4. The summed E-state index contributed by atoms with van der Waals surface area (Å²) in [4.78, 5) is 17.7. The van der Waals surface area contributed by atoms with E-state index in [9.17, 15) is 13.2 Å². The topological polar surface area (TPSA) is 84.3 Å². The molecule has 1 aliphatic rings. The zero-order valence-corrected chi connectivity index (χ0v) is 19.5. The molecular weight excluding hydrogens is 444 g/mol. The van der Waals surface area contributed by atoms with Gasteiger partial charge in [-0.3, -0.25) is 4.79 Å². The monoisotopic (exact) mass is 470 g/mol. The average Bonchev–Trinajstić information content (AvgIpc) is 3.44. The number of sulfonamides is 1. The number of carbonyl (C=O) groups excluding carboxylic acids is 1. The highest BCUT2D eigenvalue weighted by Crippen LogP contribution is 2.28. The van der Waals surface area contributed by atoms with E-state index in [4.69, 9.17) is 0 Å². The normalized spacial score (nSPS) is 15.7. The molecule has 7 nitrogen and oxygen atoms in total. The molecule has 32 heavy (non-hydrogen) atoms. The largest absolute Gasteiger partial charge is 0.325 e. The highest BCUT2D eigenvalue weighted by molar-refractivity contribution is 8.00. The maximum Gasteiger partial charge on any atom is 0.243 e. The Kier molecular flexibility index (Phi) is 6.68. The van der Waals surface area contributed by atoms with Crippen molar-refractivity contribution < 1.29 is 13.2 Å². The summed E-state index contributed by atoms with van der Waals surface area (Å²) in [6.45, 7) is 7.37. The summed E-state index contributed by atoms with van der Waals surface area (Å²) >= 11 is 1.38. The minimum Gasteiger partial charge on any atom is -0.325 e. The predicted octanol–water partition coefficient (Wildman–Crippen LogP) is 4.13. The smallest absolute Gasteiger partial charge is 0.243 e. The van der Waals surface area contributed by atoms with E-state index in [0.29, 0.717) is 25.3 Å². The second-order valence-corrected chi connectivity index (χ2v) is 10.9. The molecule has 2 heterocycles. The number of thioether (sulfide) groups is 1. The Morgan fingerprint density at radius 3 is 2.56 bits per heavy atom. The number of imidazole rings is 1. The van der Waals surface area contributed by atoms with Crippen molar-refractivity contribution in [3.63, 3.8) is 0 Å². The quantitative estimate of drug-likeness (QED) is 0.395. The maximum absolute atomic E-state index is 12.8. The number of fused-ring (bicyclic) bond motifs is 1. The highest BCUT2D eigenvalue weighted by atomic mass is 32.2. The Morgan fingerprint density at radius 2 is 1.88 bits per heavy atom. The number of nitrogens with zero attached hydrogens (tertiary/aromatic N) is 3. The zero-order chi connectivity index (χ0) is 22.7. The van der Waals surface area contributed by atoms with Gasteiger partial charge in [0.25, 0.3) is 0 Å². The fraction of sp³-hybridized carbons (Fsp3) is 0.304. The third-order valence-corrected chi connectivity index (χ3v) is 8.41. The summed E-state index contributed by atoms with van der Waals surface area (Å²) in [5.41, 5.74) is 2.43. The lowest BCUT2D eigenvalue weighted by molar-refractivity contribution is -0.115. The number of hydrogen-bond acceptors (Lipinski definition) is 5. The van der Waals surface area contributed by atoms with Crippen molar-refractivity contribution in [1.82, 2.24) is 13.9 Å². The van der Waals surface area contributed by atoms with Gasteiger partial charge in [0.1, 0.15) is 0 Å². The van der Waals surface area contributed by atoms with E-state index in [2.05, 4.69) is 16.9 Å². The summed E-state index contributed by atoms with van der Waals surface area (Å²) in [6.07, 6.45) is 3.59. The van der Waals surface area contributed by atoms with Crippen LogP contribution < -0.4 is 5.32 Å². The van der Waals surface area contributed by atoms with Gasteiger partial charge in [-0.1, -0.05) is 30.0 Å². The first kappa shape index (κ1) is 22.6. The fourth-order valence-electron chi connectivity index (χ4n) is 3.69. The summed E-state index contributed by atoms with van der Waals surface area (Å²) in [7, 11) is -3.47. The molecule has 1 N–H and O–H groups in total. The number of allylic oxidation sites excluding steroid dienone is 1. The van der Waals surface area contributed by atoms with Crippen molar-refractivity contribution in [2.24, 2.45) is 0 Å². The maximum atomic E-state index is 12.8. The highest BCUT2D eigenvalue weighted by Gasteiger charge is 2.27. The van der Waals surface area contributed by atoms with Crippen LogP contribution in [0.3, 0.4) is 0 Å². The second-order valence-electron chi connectivity index (χ2n) is 7.67. The molecule has 1 saturated heterocycles. The summed E-state index contributed by atoms with van der Waals surface area (Å²) < 4.78 is 28.9. The van der Waals surface area contributed by atoms with Gasteiger partial charge >= 0.3 is 0 Å². The molecule has 0 bridgehead atoms. The van der Waals surface area contributed by atoms with Crippen LogP contribution in [-0.2, 0) is 21.4 Å². The van der Waals surface area contributed by atoms with Crippen LogP contribution in [0.1, 0.15) is 19.8 Å². The van der Waals surface area contributed by atoms with E-state index in [-0.39, 0.29) is 10.8 Å². The fourth-order valence-corrected chi connectivity index (χ4v) is 6.14. The molecule has 2 aromatic carbocycles. The molecule has 1 fully saturated rings. The van der Waals surface area contributed by atoms with E-state index in [1.54, 1.807) is 30.3 Å². The molecule has 1 aromatic heterocycles. The first-order valence-electron chi connectivity index (χ1n) is 10.5. The van der Waals surface area contributed by atoms with Gasteiger partial charge in [-0.15, -0.1) is 6.58 Å². The van der Waals surface area contributed by atoms with Crippen LogP contribution in [0.4, 0.5) is 5.69 Å². The number of hydrogen-bond donors (Lipinski definition) is 1. The van der Waals surface area contributed by atoms with Gasteiger partial charge in [0, 0.05) is 25.3 Å². The summed E-state index contributed by atoms with van der Waals surface area (Å²) in [5.74, 6) is -0.178. The van der Waals surface area contributed by atoms with E-state index in [1.165, 1.54) is 16.1 Å². The lowest BCUT2D eigenvalue weighted by atomic mass is 10.3. The van der Waals surface area contributed by atoms with E-state index < -0.39 is 15.3 Å². The lowest BCUT2D eigenvalue weighted by Crippen LogP contribution is -2.27. The summed E-state index contributed by atoms with van der Waals surface area (Å²) in [6, 6.07) is 14.2. The SMILES string of the molecule is C=CCn1c(SC(C)C(=O)Nc2ccc(S(=O)(=O)N3CCCC3)cc2)nc2ccccc21. The third-order valence-electron chi connectivity index (χ3n) is 5.41. The molecule has 0 aliphatic carbocycles. The molecule has 1 unspecified atom stereocenters. The number of nitrogens with one attached hydrogen (secondary N) is 1. The van der Waals surface area contributed by atoms with Crippen molar-refractivity contribution in [2.75, 3.05) is 18.4 Å².